The molecule has 4 saturated carbocycles. The summed E-state index contributed by atoms with van der Waals surface area (Å²) >= 11 is 0. The molecular formula is C27H48O4. The molecule has 0 aliphatic heterocycles. The van der Waals surface area contributed by atoms with Gasteiger partial charge in [-0.25, -0.2) is 0 Å². The van der Waals surface area contributed by atoms with E-state index >= 15 is 0 Å². The average Bonchev–Trinajstić information content (AvgIpc) is 2.98. The lowest BCUT2D eigenvalue weighted by Crippen LogP contribution is -2.59. The van der Waals surface area contributed by atoms with Crippen molar-refractivity contribution in [3.8, 4) is 0 Å². The van der Waals surface area contributed by atoms with Gasteiger partial charge in [-0.2, -0.15) is 0 Å². The van der Waals surface area contributed by atoms with Crippen LogP contribution in [0.2, 0.25) is 0 Å². The molecule has 4 heteroatoms. The molecule has 0 radical (unpaired) electrons. The molecule has 12 atom stereocenters. The summed E-state index contributed by atoms with van der Waals surface area (Å²) < 4.78 is 0. The Bertz CT molecular complexity index is 637. The van der Waals surface area contributed by atoms with Crippen LogP contribution < -0.4 is 0 Å². The zero-order valence-electron chi connectivity index (χ0n) is 20.5. The van der Waals surface area contributed by atoms with Crippen LogP contribution in [0.4, 0.5) is 0 Å². The third kappa shape index (κ3) is 3.92. The van der Waals surface area contributed by atoms with E-state index < -0.39 is 0 Å². The highest BCUT2D eigenvalue weighted by Crippen LogP contribution is 2.68. The summed E-state index contributed by atoms with van der Waals surface area (Å²) in [4.78, 5) is 0. The van der Waals surface area contributed by atoms with Crippen LogP contribution in [-0.2, 0) is 0 Å². The van der Waals surface area contributed by atoms with Gasteiger partial charge in [-0.3, -0.25) is 0 Å². The maximum atomic E-state index is 11.4. The molecule has 0 heterocycles. The van der Waals surface area contributed by atoms with E-state index in [2.05, 4.69) is 34.6 Å². The van der Waals surface area contributed by atoms with Gasteiger partial charge in [0.05, 0.1) is 24.4 Å². The minimum atomic E-state index is -0.353. The third-order valence-corrected chi connectivity index (χ3v) is 11.1. The first-order chi connectivity index (χ1) is 14.5. The molecule has 4 aliphatic rings. The second-order valence-corrected chi connectivity index (χ2v) is 13.0. The average molecular weight is 437 g/mol. The molecule has 0 aromatic carbocycles. The van der Waals surface area contributed by atoms with E-state index in [0.29, 0.717) is 29.6 Å². The fourth-order valence-electron chi connectivity index (χ4n) is 9.24. The fraction of sp³-hybridized carbons (Fsp3) is 1.00. The predicted molar refractivity (Wildman–Crippen MR) is 123 cm³/mol. The summed E-state index contributed by atoms with van der Waals surface area (Å²) in [5.41, 5.74) is 0.216. The zero-order chi connectivity index (χ0) is 22.7. The van der Waals surface area contributed by atoms with Crippen LogP contribution in [0.15, 0.2) is 0 Å². The van der Waals surface area contributed by atoms with Gasteiger partial charge in [0, 0.05) is 0 Å². The summed E-state index contributed by atoms with van der Waals surface area (Å²) in [5.74, 6) is 2.70. The Kier molecular flexibility index (Phi) is 6.62. The molecule has 0 amide bonds. The Morgan fingerprint density at radius 3 is 2.16 bits per heavy atom. The molecule has 31 heavy (non-hydrogen) atoms. The van der Waals surface area contributed by atoms with Crippen LogP contribution in [0.5, 0.6) is 0 Å². The highest BCUT2D eigenvalue weighted by molar-refractivity contribution is 5.13. The van der Waals surface area contributed by atoms with E-state index in [1.165, 1.54) is 12.8 Å². The first-order valence-corrected chi connectivity index (χ1v) is 13.2. The summed E-state index contributed by atoms with van der Waals surface area (Å²) in [6.45, 7) is 11.3. The van der Waals surface area contributed by atoms with Gasteiger partial charge >= 0.3 is 0 Å². The Balaban J connectivity index is 1.54. The van der Waals surface area contributed by atoms with Crippen LogP contribution in [0.25, 0.3) is 0 Å². The molecule has 1 unspecified atom stereocenters. The molecule has 0 spiro atoms. The van der Waals surface area contributed by atoms with Crippen molar-refractivity contribution in [2.75, 3.05) is 0 Å². The summed E-state index contributed by atoms with van der Waals surface area (Å²) in [7, 11) is 0. The van der Waals surface area contributed by atoms with Crippen LogP contribution in [0.1, 0.15) is 92.4 Å². The van der Waals surface area contributed by atoms with Crippen molar-refractivity contribution in [2.45, 2.75) is 117 Å². The summed E-state index contributed by atoms with van der Waals surface area (Å²) in [6, 6.07) is 0. The lowest BCUT2D eigenvalue weighted by Gasteiger charge is -2.62. The number of hydrogen-bond acceptors (Lipinski definition) is 4. The number of aliphatic hydroxyl groups is 4. The smallest absolute Gasteiger partial charge is 0.0579 e. The molecular weight excluding hydrogens is 388 g/mol. The molecule has 4 fully saturated rings. The topological polar surface area (TPSA) is 80.9 Å². The van der Waals surface area contributed by atoms with E-state index in [-0.39, 0.29) is 47.1 Å². The minimum absolute atomic E-state index is 0.0910. The number of rotatable bonds is 5. The second-order valence-electron chi connectivity index (χ2n) is 13.0. The monoisotopic (exact) mass is 436 g/mol. The molecule has 4 rings (SSSR count). The Morgan fingerprint density at radius 1 is 0.806 bits per heavy atom. The van der Waals surface area contributed by atoms with E-state index in [1.54, 1.807) is 0 Å². The highest BCUT2D eigenvalue weighted by atomic mass is 16.3. The lowest BCUT2D eigenvalue weighted by molar-refractivity contribution is -0.181. The Morgan fingerprint density at radius 2 is 1.48 bits per heavy atom. The van der Waals surface area contributed by atoms with E-state index in [4.69, 9.17) is 0 Å². The molecule has 4 N–H and O–H groups in total. The van der Waals surface area contributed by atoms with Gasteiger partial charge in [0.2, 0.25) is 0 Å². The largest absolute Gasteiger partial charge is 0.393 e. The van der Waals surface area contributed by atoms with Gasteiger partial charge in [0.15, 0.2) is 0 Å². The lowest BCUT2D eigenvalue weighted by atomic mass is 9.43. The van der Waals surface area contributed by atoms with E-state index in [9.17, 15) is 20.4 Å². The number of aliphatic hydroxyl groups excluding tert-OH is 4. The van der Waals surface area contributed by atoms with Gasteiger partial charge in [-0.1, -0.05) is 34.6 Å². The van der Waals surface area contributed by atoms with Crippen molar-refractivity contribution in [1.82, 2.24) is 0 Å². The van der Waals surface area contributed by atoms with Crippen molar-refractivity contribution >= 4 is 0 Å². The maximum Gasteiger partial charge on any atom is 0.0579 e. The van der Waals surface area contributed by atoms with Crippen molar-refractivity contribution in [3.63, 3.8) is 0 Å². The number of hydrogen-bond donors (Lipinski definition) is 4. The molecule has 4 aliphatic carbocycles. The quantitative estimate of drug-likeness (QED) is 0.515. The Labute approximate surface area is 189 Å². The molecule has 4 nitrogen and oxygen atoms in total. The van der Waals surface area contributed by atoms with Gasteiger partial charge < -0.3 is 20.4 Å². The second kappa shape index (κ2) is 8.56. The van der Waals surface area contributed by atoms with Crippen molar-refractivity contribution in [3.05, 3.63) is 0 Å². The summed E-state index contributed by atoms with van der Waals surface area (Å²) in [5, 5.41) is 43.1. The van der Waals surface area contributed by atoms with E-state index in [0.717, 1.165) is 44.9 Å². The van der Waals surface area contributed by atoms with Gasteiger partial charge in [-0.15, -0.1) is 0 Å². The SMILES string of the molecule is CC(C)C(O)CC[C@@H](C)[C@H]1C[C@@H](O)[C@H]2[C@@H]3C[C@H](O)[C@H]4C[C@@H](O)CC[C@]4(C)[C@H]3CC[C@@]21C. The number of fused-ring (bicyclic) bond motifs is 5. The molecule has 0 bridgehead atoms. The maximum absolute atomic E-state index is 11.4. The molecule has 0 aromatic heterocycles. The predicted octanol–water partition coefficient (Wildman–Crippen LogP) is 4.38. The van der Waals surface area contributed by atoms with Crippen LogP contribution in [-0.4, -0.2) is 44.8 Å². The van der Waals surface area contributed by atoms with E-state index in [1.807, 2.05) is 0 Å². The molecule has 180 valence electrons. The highest BCUT2D eigenvalue weighted by Gasteiger charge is 2.64. The van der Waals surface area contributed by atoms with Crippen molar-refractivity contribution < 1.29 is 20.4 Å². The zero-order valence-corrected chi connectivity index (χ0v) is 20.5. The first kappa shape index (κ1) is 24.0. The standard InChI is InChI=1S/C27H48O4/c1-15(2)22(29)7-6-16(3)20-14-24(31)25-18-13-23(30)21-12-17(28)8-10-26(21,4)19(18)9-11-27(20,25)5/h15-25,28-31H,6-14H2,1-5H3/t16-,17+,18-,19+,20-,21-,22?,23+,24-,25-,26-,27-/m1/s1. The third-order valence-electron chi connectivity index (χ3n) is 11.1. The van der Waals surface area contributed by atoms with Crippen LogP contribution in [0, 0.1) is 52.3 Å². The van der Waals surface area contributed by atoms with Gasteiger partial charge in [-0.05, 0) is 110 Å². The summed E-state index contributed by atoms with van der Waals surface area (Å²) in [6.07, 6.45) is 7.36. The van der Waals surface area contributed by atoms with Crippen molar-refractivity contribution in [1.29, 1.82) is 0 Å². The fourth-order valence-corrected chi connectivity index (χ4v) is 9.24. The normalized spacial score (nSPS) is 51.7. The first-order valence-electron chi connectivity index (χ1n) is 13.2. The van der Waals surface area contributed by atoms with Gasteiger partial charge in [0.25, 0.3) is 0 Å². The van der Waals surface area contributed by atoms with Crippen LogP contribution in [0.3, 0.4) is 0 Å². The Hall–Kier alpha value is -0.160. The van der Waals surface area contributed by atoms with Crippen LogP contribution >= 0.6 is 0 Å². The van der Waals surface area contributed by atoms with Crippen molar-refractivity contribution in [2.24, 2.45) is 52.3 Å². The molecule has 0 saturated heterocycles. The van der Waals surface area contributed by atoms with Gasteiger partial charge in [0.1, 0.15) is 0 Å². The molecule has 0 aromatic rings. The minimum Gasteiger partial charge on any atom is -0.393 e.